The van der Waals surface area contributed by atoms with Gasteiger partial charge in [0.1, 0.15) is 5.60 Å². The average Bonchev–Trinajstić information content (AvgIpc) is 2.34. The Balaban J connectivity index is 2.31. The molecule has 0 saturated carbocycles. The monoisotopic (exact) mass is 337 g/mol. The molecule has 0 aromatic carbocycles. The second kappa shape index (κ2) is 5.57. The minimum absolute atomic E-state index is 0.131. The van der Waals surface area contributed by atoms with Crippen LogP contribution in [0.4, 0.5) is 18.0 Å². The molecule has 0 atom stereocenters. The van der Waals surface area contributed by atoms with Gasteiger partial charge in [-0.2, -0.15) is 13.2 Å². The Morgan fingerprint density at radius 2 is 1.91 bits per heavy atom. The van der Waals surface area contributed by atoms with Crippen LogP contribution in [0.5, 0.6) is 0 Å². The first-order valence-corrected chi connectivity index (χ1v) is 6.95. The van der Waals surface area contributed by atoms with Crippen molar-refractivity contribution >= 4 is 17.7 Å². The van der Waals surface area contributed by atoms with E-state index in [1.165, 1.54) is 4.90 Å². The van der Waals surface area contributed by atoms with Gasteiger partial charge in [0.15, 0.2) is 5.69 Å². The number of carbonyl (C=O) groups is 1. The Hall–Kier alpha value is -1.57. The maximum atomic E-state index is 13.1. The molecule has 2 rings (SSSR count). The average molecular weight is 338 g/mol. The first-order chi connectivity index (χ1) is 9.97. The molecule has 1 aromatic rings. The Morgan fingerprint density at radius 3 is 2.45 bits per heavy atom. The van der Waals surface area contributed by atoms with E-state index in [-0.39, 0.29) is 30.8 Å². The molecule has 0 aliphatic carbocycles. The molecule has 1 aliphatic rings. The van der Waals surface area contributed by atoms with Crippen molar-refractivity contribution < 1.29 is 22.7 Å². The van der Waals surface area contributed by atoms with Crippen LogP contribution in [0.3, 0.4) is 0 Å². The first-order valence-electron chi connectivity index (χ1n) is 6.58. The van der Waals surface area contributed by atoms with Crippen molar-refractivity contribution in [3.05, 3.63) is 22.2 Å². The fourth-order valence-electron chi connectivity index (χ4n) is 2.10. The molecule has 5 nitrogen and oxygen atoms in total. The summed E-state index contributed by atoms with van der Waals surface area (Å²) in [4.78, 5) is 20.3. The van der Waals surface area contributed by atoms with Gasteiger partial charge in [-0.25, -0.2) is 14.8 Å². The van der Waals surface area contributed by atoms with Crippen molar-refractivity contribution in [2.75, 3.05) is 6.54 Å². The molecule has 1 amide bonds. The molecule has 0 N–H and O–H groups in total. The first kappa shape index (κ1) is 16.8. The van der Waals surface area contributed by atoms with Gasteiger partial charge in [0, 0.05) is 18.5 Å². The summed E-state index contributed by atoms with van der Waals surface area (Å²) < 4.78 is 44.4. The van der Waals surface area contributed by atoms with Crippen molar-refractivity contribution in [3.63, 3.8) is 0 Å². The van der Waals surface area contributed by atoms with E-state index in [9.17, 15) is 18.0 Å². The topological polar surface area (TPSA) is 55.3 Å². The number of halogens is 4. The number of hydrogen-bond donors (Lipinski definition) is 0. The van der Waals surface area contributed by atoms with E-state index < -0.39 is 28.8 Å². The maximum Gasteiger partial charge on any atom is 0.433 e. The van der Waals surface area contributed by atoms with Crippen LogP contribution in [-0.2, 0) is 23.9 Å². The molecule has 1 aliphatic heterocycles. The molecular formula is C13H15ClF3N3O2. The third-order valence-electron chi connectivity index (χ3n) is 2.95. The maximum absolute atomic E-state index is 13.1. The zero-order valence-corrected chi connectivity index (χ0v) is 13.0. The van der Waals surface area contributed by atoms with Gasteiger partial charge in [-0.05, 0) is 32.4 Å². The predicted molar refractivity (Wildman–Crippen MR) is 72.4 cm³/mol. The Morgan fingerprint density at radius 1 is 1.27 bits per heavy atom. The highest BCUT2D eigenvalue weighted by Crippen LogP contribution is 2.34. The van der Waals surface area contributed by atoms with E-state index in [4.69, 9.17) is 16.3 Å². The largest absolute Gasteiger partial charge is 0.444 e. The molecule has 2 heterocycles. The highest BCUT2D eigenvalue weighted by atomic mass is 35.5. The van der Waals surface area contributed by atoms with E-state index in [1.807, 2.05) is 0 Å². The molecule has 0 spiro atoms. The highest BCUT2D eigenvalue weighted by molar-refractivity contribution is 6.28. The lowest BCUT2D eigenvalue weighted by atomic mass is 10.0. The molecule has 22 heavy (non-hydrogen) atoms. The van der Waals surface area contributed by atoms with Crippen LogP contribution in [0, 0.1) is 0 Å². The normalized spacial score (nSPS) is 15.5. The summed E-state index contributed by atoms with van der Waals surface area (Å²) in [6.45, 7) is 5.02. The van der Waals surface area contributed by atoms with E-state index in [2.05, 4.69) is 9.97 Å². The lowest BCUT2D eigenvalue weighted by Crippen LogP contribution is -2.41. The zero-order chi connectivity index (χ0) is 16.7. The molecule has 9 heteroatoms. The Labute approximate surface area is 130 Å². The van der Waals surface area contributed by atoms with Gasteiger partial charge in [0.2, 0.25) is 5.28 Å². The van der Waals surface area contributed by atoms with Gasteiger partial charge in [-0.15, -0.1) is 0 Å². The van der Waals surface area contributed by atoms with Crippen LogP contribution in [0.2, 0.25) is 5.28 Å². The van der Waals surface area contributed by atoms with E-state index in [0.717, 1.165) is 0 Å². The van der Waals surface area contributed by atoms with Crippen LogP contribution >= 0.6 is 11.6 Å². The van der Waals surface area contributed by atoms with Crippen molar-refractivity contribution in [1.82, 2.24) is 14.9 Å². The lowest BCUT2D eigenvalue weighted by molar-refractivity contribution is -0.142. The van der Waals surface area contributed by atoms with E-state index >= 15 is 0 Å². The minimum atomic E-state index is -4.66. The number of alkyl halides is 3. The molecule has 0 unspecified atom stereocenters. The van der Waals surface area contributed by atoms with Crippen LogP contribution in [-0.4, -0.2) is 33.1 Å². The van der Waals surface area contributed by atoms with Crippen LogP contribution < -0.4 is 0 Å². The third-order valence-corrected chi connectivity index (χ3v) is 3.12. The van der Waals surface area contributed by atoms with Crippen LogP contribution in [0.25, 0.3) is 0 Å². The molecular weight excluding hydrogens is 323 g/mol. The Bertz CT molecular complexity index is 599. The second-order valence-corrected chi connectivity index (χ2v) is 6.25. The van der Waals surface area contributed by atoms with Gasteiger partial charge in [0.05, 0.1) is 12.2 Å². The summed E-state index contributed by atoms with van der Waals surface area (Å²) in [7, 11) is 0. The highest BCUT2D eigenvalue weighted by Gasteiger charge is 2.39. The number of rotatable bonds is 0. The standard InChI is InChI=1S/C13H15ClF3N3O2/c1-12(2,3)22-11(21)20-5-4-8-7(6-20)9(13(15,16)17)19-10(14)18-8/h4-6H2,1-3H3. The van der Waals surface area contributed by atoms with Crippen molar-refractivity contribution in [3.8, 4) is 0 Å². The fraction of sp³-hybridized carbons (Fsp3) is 0.615. The molecule has 0 radical (unpaired) electrons. The predicted octanol–water partition coefficient (Wildman–Crippen LogP) is 3.44. The van der Waals surface area contributed by atoms with Gasteiger partial charge in [-0.3, -0.25) is 0 Å². The van der Waals surface area contributed by atoms with E-state index in [0.29, 0.717) is 0 Å². The molecule has 0 saturated heterocycles. The zero-order valence-electron chi connectivity index (χ0n) is 12.3. The van der Waals surface area contributed by atoms with Gasteiger partial charge in [-0.1, -0.05) is 0 Å². The number of aromatic nitrogens is 2. The second-order valence-electron chi connectivity index (χ2n) is 5.92. The third kappa shape index (κ3) is 3.79. The summed E-state index contributed by atoms with van der Waals surface area (Å²) in [5.74, 6) is 0. The number of ether oxygens (including phenoxy) is 1. The van der Waals surface area contributed by atoms with Gasteiger partial charge < -0.3 is 9.64 Å². The summed E-state index contributed by atoms with van der Waals surface area (Å²) in [6.07, 6.45) is -5.16. The number of carbonyl (C=O) groups excluding carboxylic acids is 1. The van der Waals surface area contributed by atoms with Gasteiger partial charge >= 0.3 is 12.3 Å². The van der Waals surface area contributed by atoms with Crippen LogP contribution in [0.15, 0.2) is 0 Å². The van der Waals surface area contributed by atoms with E-state index in [1.54, 1.807) is 20.8 Å². The minimum Gasteiger partial charge on any atom is -0.444 e. The molecule has 1 aromatic heterocycles. The Kier molecular flexibility index (Phi) is 4.25. The number of hydrogen-bond acceptors (Lipinski definition) is 4. The van der Waals surface area contributed by atoms with Crippen molar-refractivity contribution in [1.29, 1.82) is 0 Å². The quantitative estimate of drug-likeness (QED) is 0.680. The molecule has 0 fully saturated rings. The smallest absolute Gasteiger partial charge is 0.433 e. The van der Waals surface area contributed by atoms with Crippen LogP contribution in [0.1, 0.15) is 37.7 Å². The van der Waals surface area contributed by atoms with Crippen molar-refractivity contribution in [2.45, 2.75) is 45.5 Å². The summed E-state index contributed by atoms with van der Waals surface area (Å²) in [5.41, 5.74) is -1.74. The summed E-state index contributed by atoms with van der Waals surface area (Å²) >= 11 is 5.55. The fourth-order valence-corrected chi connectivity index (χ4v) is 2.29. The molecule has 0 bridgehead atoms. The van der Waals surface area contributed by atoms with Gasteiger partial charge in [0.25, 0.3) is 0 Å². The number of amides is 1. The summed E-state index contributed by atoms with van der Waals surface area (Å²) in [6, 6.07) is 0. The van der Waals surface area contributed by atoms with Crippen molar-refractivity contribution in [2.24, 2.45) is 0 Å². The molecule has 122 valence electrons. The summed E-state index contributed by atoms with van der Waals surface area (Å²) in [5, 5.41) is -0.447. The number of nitrogens with zero attached hydrogens (tertiary/aromatic N) is 3. The lowest BCUT2D eigenvalue weighted by Gasteiger charge is -2.31. The SMILES string of the molecule is CC(C)(C)OC(=O)N1CCc2nc(Cl)nc(C(F)(F)F)c2C1. The number of fused-ring (bicyclic) bond motifs is 1.